The number of hydrogen-bond donors (Lipinski definition) is 0. The second-order valence-electron chi connectivity index (χ2n) is 16.8. The monoisotopic (exact) mass is 829 g/mol. The molecule has 0 N–H and O–H groups in total. The third-order valence-electron chi connectivity index (χ3n) is 13.1. The van der Waals surface area contributed by atoms with E-state index in [1.807, 2.05) is 0 Å². The van der Waals surface area contributed by atoms with Gasteiger partial charge in [-0.05, 0) is 80.4 Å². The highest BCUT2D eigenvalue weighted by atomic mass is 16.3. The maximum Gasteiger partial charge on any atom is 0.145 e. The average Bonchev–Trinajstić information content (AvgIpc) is 3.97. The Hall–Kier alpha value is -8.66. The Kier molecular flexibility index (Phi) is 8.53. The minimum Gasteiger partial charge on any atom is -0.455 e. The van der Waals surface area contributed by atoms with E-state index in [-0.39, 0.29) is 0 Å². The number of hydrogen-bond acceptors (Lipinski definition) is 3. The summed E-state index contributed by atoms with van der Waals surface area (Å²) in [5, 5.41) is 9.12. The van der Waals surface area contributed by atoms with E-state index in [0.29, 0.717) is 0 Å². The molecule has 0 unspecified atom stereocenters. The van der Waals surface area contributed by atoms with Gasteiger partial charge in [0.1, 0.15) is 22.3 Å². The van der Waals surface area contributed by atoms with Gasteiger partial charge in [-0.25, -0.2) is 0 Å². The lowest BCUT2D eigenvalue weighted by atomic mass is 9.96. The van der Waals surface area contributed by atoms with E-state index in [1.54, 1.807) is 0 Å². The second-order valence-corrected chi connectivity index (χ2v) is 16.8. The van der Waals surface area contributed by atoms with Crippen molar-refractivity contribution in [1.82, 2.24) is 0 Å². The normalized spacial score (nSPS) is 11.7. The van der Waals surface area contributed by atoms with Gasteiger partial charge in [0, 0.05) is 43.9 Å². The van der Waals surface area contributed by atoms with Gasteiger partial charge >= 0.3 is 0 Å². The number of benzene rings is 11. The number of para-hydroxylation sites is 3. The Bertz CT molecular complexity index is 3920. The summed E-state index contributed by atoms with van der Waals surface area (Å²) >= 11 is 0. The largest absolute Gasteiger partial charge is 0.455 e. The molecule has 0 spiro atoms. The molecule has 65 heavy (non-hydrogen) atoms. The van der Waals surface area contributed by atoms with Crippen molar-refractivity contribution in [3.63, 3.8) is 0 Å². The van der Waals surface area contributed by atoms with Gasteiger partial charge in [-0.2, -0.15) is 0 Å². The molecular weight excluding hydrogens is 791 g/mol. The first-order valence-electron chi connectivity index (χ1n) is 22.2. The summed E-state index contributed by atoms with van der Waals surface area (Å²) in [6.45, 7) is 0. The Balaban J connectivity index is 1.02. The Labute approximate surface area is 375 Å². The number of rotatable bonds is 7. The van der Waals surface area contributed by atoms with Crippen LogP contribution in [0.3, 0.4) is 0 Å². The SMILES string of the molecule is c1ccc(-c2ccc(-c3ccc(N(c4ccc(-c5cccc6c5oc5c(-c7ccccc7)cccc56)cc4)c4cccc5ccc6ccccc6c45)c4c3oc3ccccc34)cc2)cc1. The summed E-state index contributed by atoms with van der Waals surface area (Å²) in [6, 6.07) is 84.5. The van der Waals surface area contributed by atoms with Gasteiger partial charge < -0.3 is 13.7 Å². The molecule has 3 heteroatoms. The van der Waals surface area contributed by atoms with Crippen LogP contribution in [0.5, 0.6) is 0 Å². The van der Waals surface area contributed by atoms with Crippen LogP contribution in [-0.4, -0.2) is 0 Å². The minimum atomic E-state index is 0.852. The fourth-order valence-electron chi connectivity index (χ4n) is 10.0. The topological polar surface area (TPSA) is 29.5 Å². The molecule has 11 aromatic carbocycles. The predicted molar refractivity (Wildman–Crippen MR) is 272 cm³/mol. The Morgan fingerprint density at radius 3 is 1.48 bits per heavy atom. The highest BCUT2D eigenvalue weighted by Gasteiger charge is 2.24. The lowest BCUT2D eigenvalue weighted by Crippen LogP contribution is -2.11. The minimum absolute atomic E-state index is 0.852. The van der Waals surface area contributed by atoms with Crippen molar-refractivity contribution in [2.45, 2.75) is 0 Å². The van der Waals surface area contributed by atoms with Crippen LogP contribution < -0.4 is 4.90 Å². The first-order chi connectivity index (χ1) is 32.2. The fourth-order valence-corrected chi connectivity index (χ4v) is 10.0. The summed E-state index contributed by atoms with van der Waals surface area (Å²) in [7, 11) is 0. The molecule has 0 aliphatic carbocycles. The zero-order chi connectivity index (χ0) is 42.8. The van der Waals surface area contributed by atoms with E-state index in [0.717, 1.165) is 94.3 Å². The molecule has 0 atom stereocenters. The van der Waals surface area contributed by atoms with E-state index in [9.17, 15) is 0 Å². The maximum absolute atomic E-state index is 6.92. The Morgan fingerprint density at radius 1 is 0.262 bits per heavy atom. The highest BCUT2D eigenvalue weighted by Crippen LogP contribution is 2.49. The van der Waals surface area contributed by atoms with Crippen molar-refractivity contribution in [3.05, 3.63) is 237 Å². The number of fused-ring (bicyclic) bond motifs is 9. The molecule has 0 amide bonds. The van der Waals surface area contributed by atoms with Crippen molar-refractivity contribution in [3.8, 4) is 44.5 Å². The molecule has 0 fully saturated rings. The van der Waals surface area contributed by atoms with Crippen LogP contribution in [0.2, 0.25) is 0 Å². The number of nitrogens with zero attached hydrogens (tertiary/aromatic N) is 1. The first-order valence-corrected chi connectivity index (χ1v) is 22.2. The Morgan fingerprint density at radius 2 is 0.754 bits per heavy atom. The van der Waals surface area contributed by atoms with E-state index >= 15 is 0 Å². The highest BCUT2D eigenvalue weighted by molar-refractivity contribution is 6.20. The molecule has 0 aliphatic rings. The molecule has 0 bridgehead atoms. The predicted octanol–water partition coefficient (Wildman–Crippen LogP) is 17.9. The lowest BCUT2D eigenvalue weighted by Gasteiger charge is -2.28. The quantitative estimate of drug-likeness (QED) is 0.150. The summed E-state index contributed by atoms with van der Waals surface area (Å²) in [5.74, 6) is 0. The molecule has 304 valence electrons. The van der Waals surface area contributed by atoms with Crippen molar-refractivity contribution < 1.29 is 8.83 Å². The summed E-state index contributed by atoms with van der Waals surface area (Å²) in [6.07, 6.45) is 0. The molecule has 2 heterocycles. The zero-order valence-electron chi connectivity index (χ0n) is 35.3. The van der Waals surface area contributed by atoms with Gasteiger partial charge in [-0.1, -0.05) is 200 Å². The molecule has 2 aromatic heterocycles. The van der Waals surface area contributed by atoms with E-state index < -0.39 is 0 Å². The van der Waals surface area contributed by atoms with E-state index in [4.69, 9.17) is 8.83 Å². The maximum atomic E-state index is 6.92. The van der Waals surface area contributed by atoms with Crippen LogP contribution in [0.1, 0.15) is 0 Å². The first kappa shape index (κ1) is 36.9. The molecule has 3 nitrogen and oxygen atoms in total. The van der Waals surface area contributed by atoms with Crippen LogP contribution in [0.25, 0.3) is 110 Å². The molecule has 0 saturated heterocycles. The van der Waals surface area contributed by atoms with Gasteiger partial charge in [-0.15, -0.1) is 0 Å². The number of anilines is 3. The third-order valence-corrected chi connectivity index (χ3v) is 13.1. The van der Waals surface area contributed by atoms with E-state index in [1.165, 1.54) is 32.7 Å². The van der Waals surface area contributed by atoms with Crippen molar-refractivity contribution in [1.29, 1.82) is 0 Å². The van der Waals surface area contributed by atoms with Gasteiger partial charge in [0.15, 0.2) is 0 Å². The van der Waals surface area contributed by atoms with Crippen LogP contribution in [0.15, 0.2) is 245 Å². The van der Waals surface area contributed by atoms with Crippen molar-refractivity contribution in [2.24, 2.45) is 0 Å². The van der Waals surface area contributed by atoms with Crippen LogP contribution in [0.4, 0.5) is 17.1 Å². The molecule has 13 aromatic rings. The smallest absolute Gasteiger partial charge is 0.145 e. The van der Waals surface area contributed by atoms with E-state index in [2.05, 4.69) is 241 Å². The van der Waals surface area contributed by atoms with Crippen LogP contribution in [0, 0.1) is 0 Å². The molecule has 0 radical (unpaired) electrons. The summed E-state index contributed by atoms with van der Waals surface area (Å²) in [5.41, 5.74) is 15.5. The zero-order valence-corrected chi connectivity index (χ0v) is 35.3. The van der Waals surface area contributed by atoms with Gasteiger partial charge in [0.2, 0.25) is 0 Å². The standard InChI is InChI=1S/C62H39NO2/c1-3-14-40(15-4-1)41-28-30-44(31-29-41)51-38-39-56(59-54-21-9-10-27-57(54)64-62(51)59)63(55-26-11-19-46-33-32-43-18-7-8-20-48(43)58(46)55)47-36-34-45(35-37-47)50-23-13-25-53-52-24-12-22-49(60(52)65-61(50)53)42-16-5-2-6-17-42/h1-39H. The van der Waals surface area contributed by atoms with Crippen LogP contribution >= 0.6 is 0 Å². The van der Waals surface area contributed by atoms with Gasteiger partial charge in [0.05, 0.1) is 16.8 Å². The molecular formula is C62H39NO2. The average molecular weight is 830 g/mol. The molecule has 0 aliphatic heterocycles. The molecule has 13 rings (SSSR count). The van der Waals surface area contributed by atoms with Crippen molar-refractivity contribution in [2.75, 3.05) is 4.90 Å². The second kappa shape index (κ2) is 15.0. The number of furan rings is 2. The fraction of sp³-hybridized carbons (Fsp3) is 0. The van der Waals surface area contributed by atoms with Crippen LogP contribution in [-0.2, 0) is 0 Å². The lowest BCUT2D eigenvalue weighted by molar-refractivity contribution is 0.670. The summed E-state index contributed by atoms with van der Waals surface area (Å²) in [4.78, 5) is 2.43. The van der Waals surface area contributed by atoms with Crippen molar-refractivity contribution >= 4 is 82.5 Å². The molecule has 0 saturated carbocycles. The van der Waals surface area contributed by atoms with Gasteiger partial charge in [-0.3, -0.25) is 0 Å². The third kappa shape index (κ3) is 6.05. The van der Waals surface area contributed by atoms with Gasteiger partial charge in [0.25, 0.3) is 0 Å². The summed E-state index contributed by atoms with van der Waals surface area (Å²) < 4.78 is 13.8.